The quantitative estimate of drug-likeness (QED) is 0.672. The van der Waals surface area contributed by atoms with Crippen LogP contribution >= 0.6 is 11.6 Å². The average Bonchev–Trinajstić information content (AvgIpc) is 3.03. The normalized spacial score (nSPS) is 16.7. The number of nitrogens with zero attached hydrogens (tertiary/aromatic N) is 2. The summed E-state index contributed by atoms with van der Waals surface area (Å²) in [4.78, 5) is 8.83. The van der Waals surface area contributed by atoms with Gasteiger partial charge in [0, 0.05) is 25.1 Å². The maximum atomic E-state index is 13.7. The van der Waals surface area contributed by atoms with E-state index < -0.39 is 12.5 Å². The van der Waals surface area contributed by atoms with Gasteiger partial charge in [-0.15, -0.1) is 0 Å². The van der Waals surface area contributed by atoms with Crippen molar-refractivity contribution >= 4 is 28.9 Å². The fourth-order valence-electron chi connectivity index (χ4n) is 3.12. The lowest BCUT2D eigenvalue weighted by atomic mass is 10.2. The molecule has 2 aromatic rings. The van der Waals surface area contributed by atoms with Crippen molar-refractivity contribution in [3.63, 3.8) is 0 Å². The number of methoxy groups -OCH3 is 1. The van der Waals surface area contributed by atoms with E-state index in [1.165, 1.54) is 4.90 Å². The highest BCUT2D eigenvalue weighted by Crippen LogP contribution is 2.34. The van der Waals surface area contributed by atoms with Gasteiger partial charge >= 0.3 is 6.01 Å². The van der Waals surface area contributed by atoms with E-state index in [4.69, 9.17) is 26.8 Å². The molecule has 1 aromatic heterocycles. The largest absolute Gasteiger partial charge is 0.435 e. The summed E-state index contributed by atoms with van der Waals surface area (Å²) in [6.45, 7) is 2.28. The Balaban J connectivity index is 1.88. The Morgan fingerprint density at radius 2 is 2.17 bits per heavy atom. The van der Waals surface area contributed by atoms with Gasteiger partial charge in [0.05, 0.1) is 13.2 Å². The van der Waals surface area contributed by atoms with E-state index in [0.717, 1.165) is 5.56 Å². The molecule has 10 heteroatoms. The van der Waals surface area contributed by atoms with Crippen LogP contribution in [-0.4, -0.2) is 43.8 Å². The van der Waals surface area contributed by atoms with E-state index in [1.54, 1.807) is 13.2 Å². The van der Waals surface area contributed by atoms with Crippen LogP contribution in [0, 0.1) is 0 Å². The van der Waals surface area contributed by atoms with Crippen LogP contribution in [0.25, 0.3) is 0 Å². The predicted octanol–water partition coefficient (Wildman–Crippen LogP) is 3.00. The van der Waals surface area contributed by atoms with Crippen molar-refractivity contribution < 1.29 is 23.2 Å². The number of aromatic amines is 1. The summed E-state index contributed by atoms with van der Waals surface area (Å²) in [7, 11) is 1.56. The average molecular weight is 429 g/mol. The molecule has 1 fully saturated rings. The van der Waals surface area contributed by atoms with Gasteiger partial charge in [-0.1, -0.05) is 29.8 Å². The number of benzene rings is 1. The van der Waals surface area contributed by atoms with Crippen molar-refractivity contribution in [1.29, 1.82) is 0 Å². The van der Waals surface area contributed by atoms with Crippen LogP contribution < -0.4 is 25.7 Å². The van der Waals surface area contributed by atoms with Crippen LogP contribution in [0.5, 0.6) is 6.01 Å². The zero-order valence-corrected chi connectivity index (χ0v) is 17.1. The number of H-pyrrole nitrogens is 1. The summed E-state index contributed by atoms with van der Waals surface area (Å²) in [5.41, 5.74) is 7.35. The molecule has 3 rings (SSSR count). The first kappa shape index (κ1) is 21.3. The number of anilines is 3. The second-order valence-corrected chi connectivity index (χ2v) is 7.42. The van der Waals surface area contributed by atoms with Gasteiger partial charge in [-0.05, 0) is 23.5 Å². The van der Waals surface area contributed by atoms with E-state index in [-0.39, 0.29) is 30.8 Å². The predicted molar refractivity (Wildman–Crippen MR) is 108 cm³/mol. The lowest BCUT2D eigenvalue weighted by Gasteiger charge is -2.17. The molecule has 158 valence electrons. The molecule has 1 aromatic carbocycles. The number of ether oxygens (including phenoxy) is 2. The van der Waals surface area contributed by atoms with Crippen molar-refractivity contribution in [3.05, 3.63) is 34.9 Å². The Kier molecular flexibility index (Phi) is 6.59. The number of alkyl halides is 2. The van der Waals surface area contributed by atoms with Crippen LogP contribution in [0.15, 0.2) is 24.3 Å². The highest BCUT2D eigenvalue weighted by Gasteiger charge is 2.43. The minimum absolute atomic E-state index is 0.163. The molecule has 0 saturated carbocycles. The number of aromatic nitrogens is 2. The maximum Gasteiger partial charge on any atom is 0.434 e. The summed E-state index contributed by atoms with van der Waals surface area (Å²) in [5, 5.41) is 3.74. The zero-order valence-electron chi connectivity index (χ0n) is 16.3. The molecular formula is C19H25ClF2N5O2+. The van der Waals surface area contributed by atoms with Gasteiger partial charge in [-0.3, -0.25) is 4.90 Å². The molecule has 7 nitrogen and oxygen atoms in total. The Morgan fingerprint density at radius 3 is 2.83 bits per heavy atom. The number of halogens is 3. The first-order valence-corrected chi connectivity index (χ1v) is 9.65. The molecule has 1 aliphatic rings. The van der Waals surface area contributed by atoms with Gasteiger partial charge in [-0.25, -0.2) is 13.8 Å². The number of hydrogen-bond acceptors (Lipinski definition) is 6. The highest BCUT2D eigenvalue weighted by atomic mass is 35.5. The van der Waals surface area contributed by atoms with Crippen molar-refractivity contribution in [3.8, 4) is 6.01 Å². The fourth-order valence-corrected chi connectivity index (χ4v) is 3.32. The van der Waals surface area contributed by atoms with E-state index in [0.29, 0.717) is 29.8 Å². The van der Waals surface area contributed by atoms with Crippen molar-refractivity contribution in [1.82, 2.24) is 4.98 Å². The fraction of sp³-hybridized carbons (Fsp3) is 0.474. The van der Waals surface area contributed by atoms with Crippen molar-refractivity contribution in [2.45, 2.75) is 31.9 Å². The van der Waals surface area contributed by atoms with Crippen LogP contribution in [0.2, 0.25) is 5.02 Å². The van der Waals surface area contributed by atoms with E-state index in [9.17, 15) is 8.78 Å². The topological polar surface area (TPSA) is 86.8 Å². The third kappa shape index (κ3) is 5.36. The minimum Gasteiger partial charge on any atom is -0.435 e. The number of hydrogen-bond donors (Lipinski definition) is 2. The number of rotatable bonds is 8. The Labute approximate surface area is 173 Å². The van der Waals surface area contributed by atoms with E-state index in [2.05, 4.69) is 15.3 Å². The Hall–Kier alpha value is -2.39. The second-order valence-electron chi connectivity index (χ2n) is 7.01. The molecule has 1 unspecified atom stereocenters. The molecule has 0 spiro atoms. The van der Waals surface area contributed by atoms with E-state index in [1.807, 2.05) is 25.1 Å². The summed E-state index contributed by atoms with van der Waals surface area (Å²) < 4.78 is 38.3. The van der Waals surface area contributed by atoms with Gasteiger partial charge in [-0.2, -0.15) is 0 Å². The van der Waals surface area contributed by atoms with Crippen molar-refractivity contribution in [2.24, 2.45) is 0 Å². The lowest BCUT2D eigenvalue weighted by Crippen LogP contribution is -2.33. The molecule has 1 atom stereocenters. The van der Waals surface area contributed by atoms with Crippen LogP contribution in [0.1, 0.15) is 18.9 Å². The molecule has 0 radical (unpaired) electrons. The second kappa shape index (κ2) is 8.96. The summed E-state index contributed by atoms with van der Waals surface area (Å²) in [6, 6.07) is 7.53. The summed E-state index contributed by atoms with van der Waals surface area (Å²) in [6.07, 6.45) is -0.530. The standard InChI is InChI=1S/C19H24ClF2N5O2/c1-12(10-28-2)29-18-25-16(24-9-13-5-3-4-6-14(13)20)15(23)17(26-18)27-8-7-19(21,22)11-27/h3-6,12H,7-11,23H2,1-2H3,(H,24,25,26)/p+1. The SMILES string of the molecule is COCC(C)Oc1nc(NCc2ccccc2Cl)c(N)c(N2CCC(F)(F)C2)[nH+]1. The number of nitrogens with one attached hydrogen (secondary N) is 2. The summed E-state index contributed by atoms with van der Waals surface area (Å²) >= 11 is 6.20. The van der Waals surface area contributed by atoms with Gasteiger partial charge in [0.25, 0.3) is 11.7 Å². The Morgan fingerprint density at radius 1 is 1.41 bits per heavy atom. The minimum atomic E-state index is -2.76. The maximum absolute atomic E-state index is 13.7. The highest BCUT2D eigenvalue weighted by molar-refractivity contribution is 6.31. The number of nitrogens with two attached hydrogens (primary N) is 1. The van der Waals surface area contributed by atoms with Gasteiger partial charge in [0.1, 0.15) is 12.6 Å². The molecule has 0 amide bonds. The third-order valence-electron chi connectivity index (χ3n) is 4.55. The molecule has 2 heterocycles. The van der Waals surface area contributed by atoms with Crippen LogP contribution in [-0.2, 0) is 11.3 Å². The first-order valence-electron chi connectivity index (χ1n) is 9.27. The summed E-state index contributed by atoms with van der Waals surface area (Å²) in [5.74, 6) is -2.09. The van der Waals surface area contributed by atoms with Gasteiger partial charge in [0.15, 0.2) is 5.69 Å². The molecule has 0 bridgehead atoms. The smallest absolute Gasteiger partial charge is 0.434 e. The van der Waals surface area contributed by atoms with Gasteiger partial charge < -0.3 is 20.5 Å². The molecule has 4 N–H and O–H groups in total. The first-order chi connectivity index (χ1) is 13.8. The van der Waals surface area contributed by atoms with Crippen LogP contribution in [0.3, 0.4) is 0 Å². The molecule has 1 aliphatic heterocycles. The third-order valence-corrected chi connectivity index (χ3v) is 4.92. The van der Waals surface area contributed by atoms with E-state index >= 15 is 0 Å². The molecule has 29 heavy (non-hydrogen) atoms. The van der Waals surface area contributed by atoms with Gasteiger partial charge in [0.2, 0.25) is 5.82 Å². The molecule has 1 saturated heterocycles. The number of nitrogen functional groups attached to an aromatic ring is 1. The Bertz CT molecular complexity index is 855. The molecule has 0 aliphatic carbocycles. The monoisotopic (exact) mass is 428 g/mol. The lowest BCUT2D eigenvalue weighted by molar-refractivity contribution is -0.388. The van der Waals surface area contributed by atoms with Crippen LogP contribution in [0.4, 0.5) is 26.1 Å². The molecular weight excluding hydrogens is 404 g/mol. The zero-order chi connectivity index (χ0) is 21.0. The van der Waals surface area contributed by atoms with Crippen molar-refractivity contribution in [2.75, 3.05) is 42.8 Å².